The molecule has 3 heteroatoms. The molecular formula is C18H29N3. The fraction of sp³-hybridized carbons (Fsp3) is 0.667. The molecule has 1 aromatic rings. The van der Waals surface area contributed by atoms with E-state index in [4.69, 9.17) is 0 Å². The van der Waals surface area contributed by atoms with Crippen LogP contribution in [0.4, 0.5) is 5.69 Å². The summed E-state index contributed by atoms with van der Waals surface area (Å²) >= 11 is 0. The summed E-state index contributed by atoms with van der Waals surface area (Å²) < 4.78 is 0. The van der Waals surface area contributed by atoms with Gasteiger partial charge in [-0.15, -0.1) is 0 Å². The molecule has 0 aromatic heterocycles. The van der Waals surface area contributed by atoms with E-state index in [1.807, 2.05) is 0 Å². The Bertz CT molecular complexity index is 423. The Balaban J connectivity index is 1.44. The van der Waals surface area contributed by atoms with Gasteiger partial charge in [-0.05, 0) is 57.0 Å². The molecule has 2 aliphatic rings. The van der Waals surface area contributed by atoms with Crippen LogP contribution in [0, 0.1) is 0 Å². The van der Waals surface area contributed by atoms with Gasteiger partial charge in [-0.1, -0.05) is 18.6 Å². The van der Waals surface area contributed by atoms with Crippen molar-refractivity contribution in [3.8, 4) is 0 Å². The molecule has 2 heterocycles. The highest BCUT2D eigenvalue weighted by Gasteiger charge is 2.18. The second kappa shape index (κ2) is 7.28. The normalized spacial score (nSPS) is 23.7. The predicted octanol–water partition coefficient (Wildman–Crippen LogP) is 2.86. The third kappa shape index (κ3) is 3.98. The number of nitrogens with zero attached hydrogens (tertiary/aromatic N) is 2. The fourth-order valence-electron chi connectivity index (χ4n) is 3.59. The van der Waals surface area contributed by atoms with Crippen molar-refractivity contribution in [3.63, 3.8) is 0 Å². The summed E-state index contributed by atoms with van der Waals surface area (Å²) in [6.45, 7) is 5.82. The van der Waals surface area contributed by atoms with E-state index in [9.17, 15) is 0 Å². The summed E-state index contributed by atoms with van der Waals surface area (Å²) in [7, 11) is 2.26. The monoisotopic (exact) mass is 287 g/mol. The SMILES string of the molecule is CN1CCCCC1CNCc1ccc(N2CCCC2)cc1. The number of hydrogen-bond acceptors (Lipinski definition) is 3. The summed E-state index contributed by atoms with van der Waals surface area (Å²) in [5.74, 6) is 0. The van der Waals surface area contributed by atoms with Gasteiger partial charge >= 0.3 is 0 Å². The van der Waals surface area contributed by atoms with E-state index in [2.05, 4.69) is 46.4 Å². The summed E-state index contributed by atoms with van der Waals surface area (Å²) in [6, 6.07) is 9.86. The van der Waals surface area contributed by atoms with Crippen LogP contribution in [0.3, 0.4) is 0 Å². The van der Waals surface area contributed by atoms with Gasteiger partial charge in [-0.2, -0.15) is 0 Å². The van der Waals surface area contributed by atoms with Crippen molar-refractivity contribution in [3.05, 3.63) is 29.8 Å². The highest BCUT2D eigenvalue weighted by Crippen LogP contribution is 2.20. The molecule has 0 aliphatic carbocycles. The van der Waals surface area contributed by atoms with E-state index < -0.39 is 0 Å². The molecule has 0 spiro atoms. The summed E-state index contributed by atoms with van der Waals surface area (Å²) in [6.07, 6.45) is 6.79. The first-order valence-electron chi connectivity index (χ1n) is 8.58. The zero-order valence-corrected chi connectivity index (χ0v) is 13.4. The van der Waals surface area contributed by atoms with Crippen LogP contribution in [-0.2, 0) is 6.54 Å². The predicted molar refractivity (Wildman–Crippen MR) is 89.9 cm³/mol. The Morgan fingerprint density at radius 2 is 1.71 bits per heavy atom. The highest BCUT2D eigenvalue weighted by atomic mass is 15.2. The van der Waals surface area contributed by atoms with E-state index in [1.165, 1.54) is 63.0 Å². The first-order chi connectivity index (χ1) is 10.3. The van der Waals surface area contributed by atoms with Crippen LogP contribution in [0.15, 0.2) is 24.3 Å². The van der Waals surface area contributed by atoms with Crippen molar-refractivity contribution in [2.45, 2.75) is 44.7 Å². The van der Waals surface area contributed by atoms with Crippen LogP contribution < -0.4 is 10.2 Å². The molecule has 1 N–H and O–H groups in total. The maximum absolute atomic E-state index is 3.64. The molecule has 0 bridgehead atoms. The van der Waals surface area contributed by atoms with Gasteiger partial charge in [-0.3, -0.25) is 0 Å². The molecule has 3 rings (SSSR count). The molecular weight excluding hydrogens is 258 g/mol. The molecule has 1 atom stereocenters. The van der Waals surface area contributed by atoms with Crippen molar-refractivity contribution >= 4 is 5.69 Å². The topological polar surface area (TPSA) is 18.5 Å². The number of rotatable bonds is 5. The van der Waals surface area contributed by atoms with Gasteiger partial charge in [-0.25, -0.2) is 0 Å². The average Bonchev–Trinajstić information content (AvgIpc) is 3.04. The third-order valence-corrected chi connectivity index (χ3v) is 5.04. The number of likely N-dealkylation sites (tertiary alicyclic amines) is 1. The van der Waals surface area contributed by atoms with E-state index >= 15 is 0 Å². The quantitative estimate of drug-likeness (QED) is 0.898. The number of hydrogen-bond donors (Lipinski definition) is 1. The van der Waals surface area contributed by atoms with Crippen LogP contribution in [0.2, 0.25) is 0 Å². The van der Waals surface area contributed by atoms with Crippen LogP contribution in [0.25, 0.3) is 0 Å². The van der Waals surface area contributed by atoms with Crippen molar-refractivity contribution in [2.24, 2.45) is 0 Å². The van der Waals surface area contributed by atoms with Crippen LogP contribution in [-0.4, -0.2) is 44.2 Å². The van der Waals surface area contributed by atoms with Gasteiger partial charge in [0.1, 0.15) is 0 Å². The fourth-order valence-corrected chi connectivity index (χ4v) is 3.59. The number of likely N-dealkylation sites (N-methyl/N-ethyl adjacent to an activating group) is 1. The Kier molecular flexibility index (Phi) is 5.15. The lowest BCUT2D eigenvalue weighted by atomic mass is 10.0. The zero-order valence-electron chi connectivity index (χ0n) is 13.4. The number of piperidine rings is 1. The lowest BCUT2D eigenvalue weighted by Gasteiger charge is -2.32. The Morgan fingerprint density at radius 1 is 1.00 bits per heavy atom. The van der Waals surface area contributed by atoms with Gasteiger partial charge in [0.2, 0.25) is 0 Å². The smallest absolute Gasteiger partial charge is 0.0366 e. The first-order valence-corrected chi connectivity index (χ1v) is 8.58. The number of benzene rings is 1. The molecule has 2 saturated heterocycles. The van der Waals surface area contributed by atoms with Crippen LogP contribution >= 0.6 is 0 Å². The van der Waals surface area contributed by atoms with Crippen LogP contribution in [0.1, 0.15) is 37.7 Å². The molecule has 116 valence electrons. The second-order valence-corrected chi connectivity index (χ2v) is 6.62. The second-order valence-electron chi connectivity index (χ2n) is 6.62. The third-order valence-electron chi connectivity index (χ3n) is 5.04. The molecule has 1 unspecified atom stereocenters. The van der Waals surface area contributed by atoms with E-state index in [0.29, 0.717) is 0 Å². The molecule has 0 saturated carbocycles. The van der Waals surface area contributed by atoms with Crippen molar-refractivity contribution in [1.29, 1.82) is 0 Å². The minimum absolute atomic E-state index is 0.725. The molecule has 0 radical (unpaired) electrons. The molecule has 1 aromatic carbocycles. The number of anilines is 1. The largest absolute Gasteiger partial charge is 0.372 e. The molecule has 0 amide bonds. The molecule has 2 fully saturated rings. The van der Waals surface area contributed by atoms with E-state index in [-0.39, 0.29) is 0 Å². The molecule has 2 aliphatic heterocycles. The van der Waals surface area contributed by atoms with E-state index in [0.717, 1.165) is 19.1 Å². The minimum atomic E-state index is 0.725. The van der Waals surface area contributed by atoms with Crippen LogP contribution in [0.5, 0.6) is 0 Å². The Hall–Kier alpha value is -1.06. The number of nitrogens with one attached hydrogen (secondary N) is 1. The molecule has 21 heavy (non-hydrogen) atoms. The standard InChI is InChI=1S/C18H29N3/c1-20-11-3-2-6-18(20)15-19-14-16-7-9-17(10-8-16)21-12-4-5-13-21/h7-10,18-19H,2-6,11-15H2,1H3. The average molecular weight is 287 g/mol. The highest BCUT2D eigenvalue weighted by molar-refractivity contribution is 5.48. The van der Waals surface area contributed by atoms with Crippen molar-refractivity contribution in [1.82, 2.24) is 10.2 Å². The Morgan fingerprint density at radius 3 is 2.43 bits per heavy atom. The zero-order chi connectivity index (χ0) is 14.5. The van der Waals surface area contributed by atoms with Gasteiger partial charge in [0.15, 0.2) is 0 Å². The van der Waals surface area contributed by atoms with Crippen molar-refractivity contribution < 1.29 is 0 Å². The summed E-state index contributed by atoms with van der Waals surface area (Å²) in [5, 5.41) is 3.64. The maximum atomic E-state index is 3.64. The van der Waals surface area contributed by atoms with Gasteiger partial charge in [0, 0.05) is 37.9 Å². The minimum Gasteiger partial charge on any atom is -0.372 e. The molecule has 3 nitrogen and oxygen atoms in total. The summed E-state index contributed by atoms with van der Waals surface area (Å²) in [4.78, 5) is 5.00. The van der Waals surface area contributed by atoms with Crippen molar-refractivity contribution in [2.75, 3.05) is 38.1 Å². The summed E-state index contributed by atoms with van der Waals surface area (Å²) in [5.41, 5.74) is 2.79. The van der Waals surface area contributed by atoms with E-state index in [1.54, 1.807) is 0 Å². The maximum Gasteiger partial charge on any atom is 0.0366 e. The lowest BCUT2D eigenvalue weighted by molar-refractivity contribution is 0.181. The first kappa shape index (κ1) is 14.9. The van der Waals surface area contributed by atoms with Gasteiger partial charge in [0.05, 0.1) is 0 Å². The van der Waals surface area contributed by atoms with Gasteiger partial charge in [0.25, 0.3) is 0 Å². The lowest BCUT2D eigenvalue weighted by Crippen LogP contribution is -2.42. The van der Waals surface area contributed by atoms with Gasteiger partial charge < -0.3 is 15.1 Å². The Labute approximate surface area is 129 Å².